The van der Waals surface area contributed by atoms with Gasteiger partial charge in [-0.15, -0.1) is 0 Å². The molecule has 0 fully saturated rings. The van der Waals surface area contributed by atoms with E-state index in [2.05, 4.69) is 5.32 Å². The van der Waals surface area contributed by atoms with Crippen molar-refractivity contribution in [2.24, 2.45) is 0 Å². The number of hydrogen-bond acceptors (Lipinski definition) is 2. The summed E-state index contributed by atoms with van der Waals surface area (Å²) in [5, 5.41) is 3.80. The second kappa shape index (κ2) is 7.07. The largest absolute Gasteiger partial charge is 0.348 e. The predicted molar refractivity (Wildman–Crippen MR) is 96.2 cm³/mol. The quantitative estimate of drug-likeness (QED) is 0.773. The Morgan fingerprint density at radius 3 is 2.64 bits per heavy atom. The number of carbonyl (C=O) groups is 1. The first-order chi connectivity index (χ1) is 11.9. The molecule has 0 aliphatic heterocycles. The van der Waals surface area contributed by atoms with Gasteiger partial charge in [-0.05, 0) is 42.8 Å². The van der Waals surface area contributed by atoms with E-state index in [1.54, 1.807) is 41.1 Å². The Kier molecular flexibility index (Phi) is 4.86. The summed E-state index contributed by atoms with van der Waals surface area (Å²) in [6, 6.07) is 12.1. The molecule has 6 heteroatoms. The van der Waals surface area contributed by atoms with Crippen LogP contribution in [0, 0.1) is 5.82 Å². The normalized spacial score (nSPS) is 12.1. The van der Waals surface area contributed by atoms with E-state index in [-0.39, 0.29) is 29.7 Å². The van der Waals surface area contributed by atoms with Crippen LogP contribution in [0.15, 0.2) is 59.5 Å². The van der Waals surface area contributed by atoms with E-state index in [0.717, 1.165) is 5.56 Å². The number of pyridine rings is 1. The highest BCUT2D eigenvalue weighted by molar-refractivity contribution is 6.31. The molecular weight excluding hydrogens is 343 g/mol. The zero-order valence-electron chi connectivity index (χ0n) is 13.5. The number of fused-ring (bicyclic) bond motifs is 1. The summed E-state index contributed by atoms with van der Waals surface area (Å²) in [6.45, 7) is 1.89. The first-order valence-corrected chi connectivity index (χ1v) is 8.15. The van der Waals surface area contributed by atoms with Crippen molar-refractivity contribution in [2.45, 2.75) is 19.5 Å². The van der Waals surface area contributed by atoms with Crippen molar-refractivity contribution >= 4 is 28.4 Å². The highest BCUT2D eigenvalue weighted by Gasteiger charge is 2.12. The van der Waals surface area contributed by atoms with Gasteiger partial charge in [0.05, 0.1) is 11.6 Å². The third kappa shape index (κ3) is 3.88. The molecule has 0 bridgehead atoms. The van der Waals surface area contributed by atoms with Crippen LogP contribution < -0.4 is 10.7 Å². The lowest BCUT2D eigenvalue weighted by atomic mass is 10.1. The Labute approximate surface area is 148 Å². The van der Waals surface area contributed by atoms with Crippen LogP contribution in [-0.2, 0) is 11.3 Å². The number of nitrogens with zero attached hydrogens (tertiary/aromatic N) is 1. The molecule has 1 aromatic heterocycles. The van der Waals surface area contributed by atoms with Crippen molar-refractivity contribution in [2.75, 3.05) is 0 Å². The molecule has 1 N–H and O–H groups in total. The number of rotatable bonds is 4. The molecule has 2 aromatic carbocycles. The molecule has 1 heterocycles. The fourth-order valence-corrected chi connectivity index (χ4v) is 2.87. The molecule has 0 saturated carbocycles. The molecule has 4 nitrogen and oxygen atoms in total. The molecule has 3 aromatic rings. The van der Waals surface area contributed by atoms with Crippen LogP contribution in [0.25, 0.3) is 10.9 Å². The number of halogens is 2. The van der Waals surface area contributed by atoms with Gasteiger partial charge in [-0.2, -0.15) is 0 Å². The molecule has 1 amide bonds. The van der Waals surface area contributed by atoms with E-state index < -0.39 is 0 Å². The Balaban J connectivity index is 1.79. The summed E-state index contributed by atoms with van der Waals surface area (Å²) in [6.07, 6.45) is 1.58. The zero-order valence-corrected chi connectivity index (χ0v) is 14.3. The van der Waals surface area contributed by atoms with Crippen molar-refractivity contribution < 1.29 is 9.18 Å². The number of aromatic nitrogens is 1. The maximum atomic E-state index is 13.0. The lowest BCUT2D eigenvalue weighted by Gasteiger charge is -2.16. The molecule has 3 rings (SSSR count). The first-order valence-electron chi connectivity index (χ1n) is 7.77. The van der Waals surface area contributed by atoms with Gasteiger partial charge in [-0.1, -0.05) is 23.7 Å². The minimum Gasteiger partial charge on any atom is -0.348 e. The number of carbonyl (C=O) groups excluding carboxylic acids is 1. The summed E-state index contributed by atoms with van der Waals surface area (Å²) in [7, 11) is 0. The molecule has 128 valence electrons. The summed E-state index contributed by atoms with van der Waals surface area (Å²) < 4.78 is 14.7. The summed E-state index contributed by atoms with van der Waals surface area (Å²) in [5.74, 6) is -0.530. The van der Waals surface area contributed by atoms with E-state index in [1.165, 1.54) is 18.2 Å². The maximum absolute atomic E-state index is 13.0. The van der Waals surface area contributed by atoms with Crippen LogP contribution in [0.2, 0.25) is 5.02 Å². The smallest absolute Gasteiger partial charge is 0.240 e. The minimum absolute atomic E-state index is 0.0595. The first kappa shape index (κ1) is 17.2. The van der Waals surface area contributed by atoms with Crippen LogP contribution in [-0.4, -0.2) is 10.5 Å². The standard InChI is InChI=1S/C19H16ClFN2O2/c1-12(13-2-5-15(21)6-3-13)22-19(25)11-23-9-8-18(24)16-10-14(20)4-7-17(16)23/h2-10,12H,11H2,1H3,(H,22,25)/t12-/m1/s1. The van der Waals surface area contributed by atoms with Crippen LogP contribution in [0.1, 0.15) is 18.5 Å². The second-order valence-electron chi connectivity index (χ2n) is 5.81. The SMILES string of the molecule is C[C@@H](NC(=O)Cn1ccc(=O)c2cc(Cl)ccc21)c1ccc(F)cc1. The van der Waals surface area contributed by atoms with Gasteiger partial charge in [0.25, 0.3) is 0 Å². The zero-order chi connectivity index (χ0) is 18.0. The highest BCUT2D eigenvalue weighted by Crippen LogP contribution is 2.17. The van der Waals surface area contributed by atoms with Crippen LogP contribution >= 0.6 is 11.6 Å². The average molecular weight is 359 g/mol. The summed E-state index contributed by atoms with van der Waals surface area (Å²) in [4.78, 5) is 24.3. The molecule has 25 heavy (non-hydrogen) atoms. The molecule has 0 saturated heterocycles. The van der Waals surface area contributed by atoms with Crippen molar-refractivity contribution in [3.63, 3.8) is 0 Å². The van der Waals surface area contributed by atoms with Gasteiger partial charge < -0.3 is 9.88 Å². The van der Waals surface area contributed by atoms with Gasteiger partial charge in [-0.3, -0.25) is 9.59 Å². The van der Waals surface area contributed by atoms with Gasteiger partial charge in [0.15, 0.2) is 5.43 Å². The number of amides is 1. The second-order valence-corrected chi connectivity index (χ2v) is 6.25. The monoisotopic (exact) mass is 358 g/mol. The Bertz CT molecular complexity index is 983. The molecule has 1 atom stereocenters. The summed E-state index contributed by atoms with van der Waals surface area (Å²) >= 11 is 5.94. The van der Waals surface area contributed by atoms with Crippen molar-refractivity contribution in [1.29, 1.82) is 0 Å². The topological polar surface area (TPSA) is 51.1 Å². The molecule has 0 aliphatic rings. The molecule has 0 spiro atoms. The van der Waals surface area contributed by atoms with Crippen molar-refractivity contribution in [1.82, 2.24) is 9.88 Å². The number of nitrogens with one attached hydrogen (secondary N) is 1. The lowest BCUT2D eigenvalue weighted by Crippen LogP contribution is -2.30. The molecule has 0 unspecified atom stereocenters. The van der Waals surface area contributed by atoms with Crippen molar-refractivity contribution in [3.8, 4) is 0 Å². The van der Waals surface area contributed by atoms with Crippen molar-refractivity contribution in [3.05, 3.63) is 81.4 Å². The van der Waals surface area contributed by atoms with E-state index in [1.807, 2.05) is 6.92 Å². The Morgan fingerprint density at radius 1 is 1.20 bits per heavy atom. The van der Waals surface area contributed by atoms with Crippen LogP contribution in [0.5, 0.6) is 0 Å². The number of benzene rings is 2. The summed E-state index contributed by atoms with van der Waals surface area (Å²) in [5.41, 5.74) is 1.31. The van der Waals surface area contributed by atoms with E-state index in [0.29, 0.717) is 15.9 Å². The lowest BCUT2D eigenvalue weighted by molar-refractivity contribution is -0.122. The van der Waals surface area contributed by atoms with Gasteiger partial charge in [0, 0.05) is 22.7 Å². The van der Waals surface area contributed by atoms with E-state index in [4.69, 9.17) is 11.6 Å². The number of hydrogen-bond donors (Lipinski definition) is 1. The maximum Gasteiger partial charge on any atom is 0.240 e. The third-order valence-electron chi connectivity index (χ3n) is 4.00. The minimum atomic E-state index is -0.319. The Hall–Kier alpha value is -2.66. The average Bonchev–Trinajstić information content (AvgIpc) is 2.58. The van der Waals surface area contributed by atoms with Gasteiger partial charge in [0.2, 0.25) is 5.91 Å². The third-order valence-corrected chi connectivity index (χ3v) is 4.24. The molecular formula is C19H16ClFN2O2. The van der Waals surface area contributed by atoms with E-state index >= 15 is 0 Å². The van der Waals surface area contributed by atoms with Crippen LogP contribution in [0.4, 0.5) is 4.39 Å². The Morgan fingerprint density at radius 2 is 1.92 bits per heavy atom. The van der Waals surface area contributed by atoms with E-state index in [9.17, 15) is 14.0 Å². The fourth-order valence-electron chi connectivity index (χ4n) is 2.70. The van der Waals surface area contributed by atoms with Gasteiger partial charge >= 0.3 is 0 Å². The molecule has 0 aliphatic carbocycles. The predicted octanol–water partition coefficient (Wildman–Crippen LogP) is 3.67. The van der Waals surface area contributed by atoms with Crippen LogP contribution in [0.3, 0.4) is 0 Å². The van der Waals surface area contributed by atoms with Gasteiger partial charge in [-0.25, -0.2) is 4.39 Å². The fraction of sp³-hybridized carbons (Fsp3) is 0.158. The molecule has 0 radical (unpaired) electrons. The highest BCUT2D eigenvalue weighted by atomic mass is 35.5. The van der Waals surface area contributed by atoms with Gasteiger partial charge in [0.1, 0.15) is 12.4 Å².